The molecule has 2 aliphatic carbocycles. The summed E-state index contributed by atoms with van der Waals surface area (Å²) in [5.74, 6) is 0. The Morgan fingerprint density at radius 2 is 1.65 bits per heavy atom. The zero-order valence-corrected chi connectivity index (χ0v) is 14.9. The van der Waals surface area contributed by atoms with Crippen molar-refractivity contribution in [1.82, 2.24) is 0 Å². The quantitative estimate of drug-likeness (QED) is 0.364. The van der Waals surface area contributed by atoms with Crippen molar-refractivity contribution >= 4 is 17.7 Å². The summed E-state index contributed by atoms with van der Waals surface area (Å²) in [5.41, 5.74) is 12.1. The SMILES string of the molecule is Cc1cccc(C2=C/c3c(ccc4c3Cc3ccccc3-4)/C=C/C=C\2)c1. The molecule has 0 aromatic heterocycles. The lowest BCUT2D eigenvalue weighted by Gasteiger charge is -2.13. The van der Waals surface area contributed by atoms with E-state index in [0.717, 1.165) is 6.42 Å². The fraction of sp³-hybridized carbons (Fsp3) is 0.0769. The van der Waals surface area contributed by atoms with Crippen molar-refractivity contribution in [2.45, 2.75) is 13.3 Å². The molecule has 0 radical (unpaired) electrons. The van der Waals surface area contributed by atoms with E-state index >= 15 is 0 Å². The molecule has 3 aromatic carbocycles. The van der Waals surface area contributed by atoms with Crippen LogP contribution < -0.4 is 0 Å². The maximum atomic E-state index is 2.37. The Labute approximate surface area is 154 Å². The lowest BCUT2D eigenvalue weighted by Crippen LogP contribution is -1.94. The molecule has 0 unspecified atom stereocenters. The van der Waals surface area contributed by atoms with Crippen molar-refractivity contribution in [2.24, 2.45) is 0 Å². The van der Waals surface area contributed by atoms with Gasteiger partial charge in [-0.2, -0.15) is 0 Å². The van der Waals surface area contributed by atoms with Crippen molar-refractivity contribution in [1.29, 1.82) is 0 Å². The molecule has 3 aromatic rings. The first-order valence-electron chi connectivity index (χ1n) is 9.17. The van der Waals surface area contributed by atoms with Gasteiger partial charge in [-0.05, 0) is 63.9 Å². The highest BCUT2D eigenvalue weighted by molar-refractivity contribution is 5.94. The average Bonchev–Trinajstić information content (AvgIpc) is 3.01. The van der Waals surface area contributed by atoms with Crippen LogP contribution in [0.3, 0.4) is 0 Å². The largest absolute Gasteiger partial charge is 0.0619 e. The fourth-order valence-electron chi connectivity index (χ4n) is 4.10. The zero-order chi connectivity index (χ0) is 17.5. The van der Waals surface area contributed by atoms with Crippen LogP contribution in [0.2, 0.25) is 0 Å². The second kappa shape index (κ2) is 6.00. The van der Waals surface area contributed by atoms with Gasteiger partial charge in [0.25, 0.3) is 0 Å². The van der Waals surface area contributed by atoms with E-state index in [4.69, 9.17) is 0 Å². The number of fused-ring (bicyclic) bond motifs is 5. The van der Waals surface area contributed by atoms with E-state index in [0.29, 0.717) is 0 Å². The topological polar surface area (TPSA) is 0 Å². The Balaban J connectivity index is 1.73. The lowest BCUT2D eigenvalue weighted by atomic mass is 9.91. The second-order valence-electron chi connectivity index (χ2n) is 7.12. The van der Waals surface area contributed by atoms with Gasteiger partial charge in [0.1, 0.15) is 0 Å². The van der Waals surface area contributed by atoms with E-state index in [2.05, 4.69) is 98.0 Å². The third-order valence-electron chi connectivity index (χ3n) is 5.38. The minimum absolute atomic E-state index is 1.02. The Hall–Kier alpha value is -3.12. The molecule has 2 aliphatic rings. The van der Waals surface area contributed by atoms with Gasteiger partial charge >= 0.3 is 0 Å². The van der Waals surface area contributed by atoms with Gasteiger partial charge in [-0.25, -0.2) is 0 Å². The number of aryl methyl sites for hydroxylation is 1. The minimum atomic E-state index is 1.02. The van der Waals surface area contributed by atoms with Gasteiger partial charge in [0.2, 0.25) is 0 Å². The molecule has 0 saturated carbocycles. The van der Waals surface area contributed by atoms with E-state index in [-0.39, 0.29) is 0 Å². The molecule has 0 saturated heterocycles. The minimum Gasteiger partial charge on any atom is -0.0619 e. The third-order valence-corrected chi connectivity index (χ3v) is 5.38. The summed E-state index contributed by atoms with van der Waals surface area (Å²) in [6, 6.07) is 22.1. The van der Waals surface area contributed by atoms with Gasteiger partial charge in [0.15, 0.2) is 0 Å². The Morgan fingerprint density at radius 3 is 2.58 bits per heavy atom. The number of allylic oxidation sites excluding steroid dienone is 4. The van der Waals surface area contributed by atoms with Gasteiger partial charge in [0, 0.05) is 0 Å². The van der Waals surface area contributed by atoms with Gasteiger partial charge in [-0.3, -0.25) is 0 Å². The summed E-state index contributed by atoms with van der Waals surface area (Å²) in [5, 5.41) is 0. The summed E-state index contributed by atoms with van der Waals surface area (Å²) in [6.07, 6.45) is 12.1. The summed E-state index contributed by atoms with van der Waals surface area (Å²) in [6.45, 7) is 2.15. The predicted molar refractivity (Wildman–Crippen MR) is 112 cm³/mol. The normalized spacial score (nSPS) is 18.6. The fourth-order valence-corrected chi connectivity index (χ4v) is 4.10. The lowest BCUT2D eigenvalue weighted by molar-refractivity contribution is 1.25. The molecule has 0 amide bonds. The van der Waals surface area contributed by atoms with Gasteiger partial charge in [-0.15, -0.1) is 0 Å². The zero-order valence-electron chi connectivity index (χ0n) is 14.9. The molecule has 0 aliphatic heterocycles. The number of benzene rings is 3. The van der Waals surface area contributed by atoms with E-state index in [9.17, 15) is 0 Å². The van der Waals surface area contributed by atoms with Crippen molar-refractivity contribution in [2.75, 3.05) is 0 Å². The first-order valence-corrected chi connectivity index (χ1v) is 9.17. The third kappa shape index (κ3) is 2.46. The summed E-state index contributed by atoms with van der Waals surface area (Å²) >= 11 is 0. The highest BCUT2D eigenvalue weighted by Gasteiger charge is 2.21. The van der Waals surface area contributed by atoms with Crippen LogP contribution in [0, 0.1) is 6.92 Å². The molecule has 0 atom stereocenters. The standard InChI is InChI=1S/C26H20/c1-18-7-6-11-20(15-18)21-9-3-2-8-19-13-14-24-23-12-5-4-10-22(23)17-26(24)25(19)16-21/h2-16H,17H2,1H3/b3-2?,8-2+,9-3-,19-8?,21-9?,21-16+,25-16?. The molecular formula is C26H20. The van der Waals surface area contributed by atoms with Crippen LogP contribution in [0.5, 0.6) is 0 Å². The summed E-state index contributed by atoms with van der Waals surface area (Å²) in [4.78, 5) is 0. The number of rotatable bonds is 1. The van der Waals surface area contributed by atoms with Crippen molar-refractivity contribution < 1.29 is 0 Å². The van der Waals surface area contributed by atoms with E-state index in [1.165, 1.54) is 50.1 Å². The molecule has 0 heteroatoms. The average molecular weight is 332 g/mol. The molecule has 0 fully saturated rings. The molecule has 5 rings (SSSR count). The predicted octanol–water partition coefficient (Wildman–Crippen LogP) is 6.69. The molecule has 0 heterocycles. The Morgan fingerprint density at radius 1 is 0.769 bits per heavy atom. The smallest absolute Gasteiger partial charge is 0.000728 e. The number of hydrogen-bond acceptors (Lipinski definition) is 0. The molecular weight excluding hydrogens is 312 g/mol. The molecule has 124 valence electrons. The van der Waals surface area contributed by atoms with Gasteiger partial charge < -0.3 is 0 Å². The summed E-state index contributed by atoms with van der Waals surface area (Å²) < 4.78 is 0. The maximum Gasteiger partial charge on any atom is -0.000728 e. The maximum absolute atomic E-state index is 2.37. The molecule has 0 bridgehead atoms. The van der Waals surface area contributed by atoms with Gasteiger partial charge in [0.05, 0.1) is 0 Å². The first-order chi connectivity index (χ1) is 12.8. The van der Waals surface area contributed by atoms with E-state index in [1.807, 2.05) is 0 Å². The van der Waals surface area contributed by atoms with Crippen LogP contribution in [0.1, 0.15) is 33.4 Å². The monoisotopic (exact) mass is 332 g/mol. The van der Waals surface area contributed by atoms with Crippen LogP contribution in [0.25, 0.3) is 28.9 Å². The first kappa shape index (κ1) is 15.2. The molecule has 0 nitrogen and oxygen atoms in total. The van der Waals surface area contributed by atoms with Crippen LogP contribution in [0.15, 0.2) is 78.9 Å². The Bertz CT molecular complexity index is 1110. The Kier molecular flexibility index (Phi) is 3.50. The molecule has 0 N–H and O–H groups in total. The van der Waals surface area contributed by atoms with Crippen LogP contribution in [-0.2, 0) is 6.42 Å². The summed E-state index contributed by atoms with van der Waals surface area (Å²) in [7, 11) is 0. The van der Waals surface area contributed by atoms with Crippen molar-refractivity contribution in [3.05, 3.63) is 112 Å². The van der Waals surface area contributed by atoms with Crippen molar-refractivity contribution in [3.8, 4) is 11.1 Å². The van der Waals surface area contributed by atoms with Crippen LogP contribution in [-0.4, -0.2) is 0 Å². The highest BCUT2D eigenvalue weighted by Crippen LogP contribution is 2.41. The van der Waals surface area contributed by atoms with Crippen molar-refractivity contribution in [3.63, 3.8) is 0 Å². The molecule has 26 heavy (non-hydrogen) atoms. The van der Waals surface area contributed by atoms with E-state index in [1.54, 1.807) is 0 Å². The van der Waals surface area contributed by atoms with Crippen LogP contribution in [0.4, 0.5) is 0 Å². The highest BCUT2D eigenvalue weighted by atomic mass is 14.3. The second-order valence-corrected chi connectivity index (χ2v) is 7.12. The molecule has 0 spiro atoms. The van der Waals surface area contributed by atoms with Crippen LogP contribution >= 0.6 is 0 Å². The van der Waals surface area contributed by atoms with E-state index < -0.39 is 0 Å². The number of hydrogen-bond donors (Lipinski definition) is 0. The van der Waals surface area contributed by atoms with Gasteiger partial charge in [-0.1, -0.05) is 90.5 Å².